The summed E-state index contributed by atoms with van der Waals surface area (Å²) in [5.41, 5.74) is 0. The van der Waals surface area contributed by atoms with Crippen molar-refractivity contribution in [2.75, 3.05) is 13.6 Å². The van der Waals surface area contributed by atoms with Crippen LogP contribution < -0.4 is 10.0 Å². The third-order valence-corrected chi connectivity index (χ3v) is 5.06. The number of hydrogen-bond acceptors (Lipinski definition) is 3. The highest BCUT2D eigenvalue weighted by Gasteiger charge is 2.29. The van der Waals surface area contributed by atoms with E-state index in [9.17, 15) is 8.42 Å². The molecule has 0 aliphatic heterocycles. The van der Waals surface area contributed by atoms with Crippen LogP contribution in [0.2, 0.25) is 0 Å². The molecule has 1 saturated carbocycles. The van der Waals surface area contributed by atoms with E-state index in [1.54, 1.807) is 14.0 Å². The van der Waals surface area contributed by atoms with Gasteiger partial charge < -0.3 is 5.32 Å². The zero-order valence-corrected chi connectivity index (χ0v) is 10.6. The van der Waals surface area contributed by atoms with E-state index >= 15 is 0 Å². The lowest BCUT2D eigenvalue weighted by molar-refractivity contribution is 0.471. The summed E-state index contributed by atoms with van der Waals surface area (Å²) in [5, 5.41) is 2.53. The fourth-order valence-electron chi connectivity index (χ4n) is 2.04. The van der Waals surface area contributed by atoms with Crippen LogP contribution in [-0.2, 0) is 10.0 Å². The van der Waals surface area contributed by atoms with Crippen LogP contribution in [0.4, 0.5) is 0 Å². The van der Waals surface area contributed by atoms with Gasteiger partial charge in [0.25, 0.3) is 0 Å². The van der Waals surface area contributed by atoms with Crippen LogP contribution >= 0.6 is 0 Å². The summed E-state index contributed by atoms with van der Waals surface area (Å²) < 4.78 is 26.6. The molecule has 0 aromatic heterocycles. The van der Waals surface area contributed by atoms with Gasteiger partial charge >= 0.3 is 0 Å². The van der Waals surface area contributed by atoms with E-state index in [0.717, 1.165) is 19.3 Å². The number of hydrogen-bond donors (Lipinski definition) is 2. The van der Waals surface area contributed by atoms with Gasteiger partial charge in [0.2, 0.25) is 10.0 Å². The summed E-state index contributed by atoms with van der Waals surface area (Å²) in [6.07, 6.45) is 3.25. The van der Waals surface area contributed by atoms with E-state index in [0.29, 0.717) is 12.5 Å². The third kappa shape index (κ3) is 3.43. The molecule has 1 rings (SSSR count). The van der Waals surface area contributed by atoms with E-state index in [4.69, 9.17) is 0 Å². The fraction of sp³-hybridized carbons (Fsp3) is 1.00. The monoisotopic (exact) mass is 234 g/mol. The quantitative estimate of drug-likeness (QED) is 0.736. The van der Waals surface area contributed by atoms with E-state index in [1.165, 1.54) is 0 Å². The van der Waals surface area contributed by atoms with Gasteiger partial charge in [0.1, 0.15) is 0 Å². The van der Waals surface area contributed by atoms with Crippen LogP contribution in [0, 0.1) is 5.92 Å². The standard InChI is InChI=1S/C10H22N2O2S/c1-8-5-4-6-10(8)12-15(13,14)9(2)7-11-3/h8-12H,4-7H2,1-3H3. The van der Waals surface area contributed by atoms with Crippen molar-refractivity contribution in [3.8, 4) is 0 Å². The van der Waals surface area contributed by atoms with Crippen molar-refractivity contribution >= 4 is 10.0 Å². The van der Waals surface area contributed by atoms with E-state index < -0.39 is 10.0 Å². The van der Waals surface area contributed by atoms with E-state index in [2.05, 4.69) is 17.0 Å². The van der Waals surface area contributed by atoms with Gasteiger partial charge in [-0.2, -0.15) is 0 Å². The van der Waals surface area contributed by atoms with E-state index in [-0.39, 0.29) is 11.3 Å². The first-order chi connectivity index (χ1) is 6.97. The van der Waals surface area contributed by atoms with Crippen LogP contribution in [-0.4, -0.2) is 33.3 Å². The zero-order chi connectivity index (χ0) is 11.5. The summed E-state index contributed by atoms with van der Waals surface area (Å²) in [4.78, 5) is 0. The topological polar surface area (TPSA) is 58.2 Å². The van der Waals surface area contributed by atoms with Crippen LogP contribution in [0.5, 0.6) is 0 Å². The van der Waals surface area contributed by atoms with Gasteiger partial charge in [-0.3, -0.25) is 0 Å². The Hall–Kier alpha value is -0.130. The molecule has 0 aromatic carbocycles. The second kappa shape index (κ2) is 5.27. The normalized spacial score (nSPS) is 29.3. The molecule has 0 aromatic rings. The minimum atomic E-state index is -3.15. The molecule has 0 radical (unpaired) electrons. The van der Waals surface area contributed by atoms with Crippen LogP contribution in [0.1, 0.15) is 33.1 Å². The van der Waals surface area contributed by atoms with Gasteiger partial charge in [0.05, 0.1) is 5.25 Å². The Morgan fingerprint density at radius 2 is 2.07 bits per heavy atom. The maximum atomic E-state index is 11.9. The maximum Gasteiger partial charge on any atom is 0.215 e. The van der Waals surface area contributed by atoms with Gasteiger partial charge in [0, 0.05) is 12.6 Å². The summed E-state index contributed by atoms with van der Waals surface area (Å²) in [6, 6.07) is 0.148. The highest BCUT2D eigenvalue weighted by atomic mass is 32.2. The second-order valence-electron chi connectivity index (χ2n) is 4.55. The molecule has 0 heterocycles. The molecule has 1 aliphatic rings. The van der Waals surface area contributed by atoms with Crippen molar-refractivity contribution < 1.29 is 8.42 Å². The first-order valence-electron chi connectivity index (χ1n) is 5.63. The molecule has 0 amide bonds. The minimum Gasteiger partial charge on any atom is -0.318 e. The second-order valence-corrected chi connectivity index (χ2v) is 6.68. The molecule has 2 N–H and O–H groups in total. The molecular formula is C10H22N2O2S. The van der Waals surface area contributed by atoms with E-state index in [1.807, 2.05) is 0 Å². The highest BCUT2D eigenvalue weighted by Crippen LogP contribution is 2.25. The molecule has 0 saturated heterocycles. The zero-order valence-electron chi connectivity index (χ0n) is 9.79. The summed E-state index contributed by atoms with van der Waals surface area (Å²) in [5.74, 6) is 0.474. The van der Waals surface area contributed by atoms with Crippen LogP contribution in [0.25, 0.3) is 0 Å². The van der Waals surface area contributed by atoms with Crippen molar-refractivity contribution in [1.29, 1.82) is 0 Å². The molecule has 15 heavy (non-hydrogen) atoms. The minimum absolute atomic E-state index is 0.148. The first-order valence-corrected chi connectivity index (χ1v) is 7.17. The summed E-state index contributed by atoms with van der Waals surface area (Å²) in [6.45, 7) is 4.35. The third-order valence-electron chi connectivity index (χ3n) is 3.20. The van der Waals surface area contributed by atoms with Crippen molar-refractivity contribution in [1.82, 2.24) is 10.0 Å². The van der Waals surface area contributed by atoms with Gasteiger partial charge in [-0.15, -0.1) is 0 Å². The lowest BCUT2D eigenvalue weighted by Gasteiger charge is -2.20. The SMILES string of the molecule is CNCC(C)S(=O)(=O)NC1CCCC1C. The molecule has 5 heteroatoms. The first kappa shape index (κ1) is 12.9. The molecular weight excluding hydrogens is 212 g/mol. The maximum absolute atomic E-state index is 11.9. The lowest BCUT2D eigenvalue weighted by Crippen LogP contribution is -2.44. The highest BCUT2D eigenvalue weighted by molar-refractivity contribution is 7.90. The predicted octanol–water partition coefficient (Wildman–Crippen LogP) is 0.702. The average molecular weight is 234 g/mol. The Labute approximate surface area is 92.9 Å². The molecule has 1 aliphatic carbocycles. The van der Waals surface area contributed by atoms with Crippen LogP contribution in [0.3, 0.4) is 0 Å². The summed E-state index contributed by atoms with van der Waals surface area (Å²) in [7, 11) is -1.38. The molecule has 90 valence electrons. The summed E-state index contributed by atoms with van der Waals surface area (Å²) >= 11 is 0. The Kier molecular flexibility index (Phi) is 4.55. The van der Waals surface area contributed by atoms with Gasteiger partial charge in [0.15, 0.2) is 0 Å². The van der Waals surface area contributed by atoms with Gasteiger partial charge in [-0.25, -0.2) is 13.1 Å². The van der Waals surface area contributed by atoms with Gasteiger partial charge in [-0.05, 0) is 32.7 Å². The Morgan fingerprint density at radius 3 is 2.53 bits per heavy atom. The Balaban J connectivity index is 2.55. The molecule has 0 bridgehead atoms. The Bertz CT molecular complexity index is 290. The molecule has 3 atom stereocenters. The van der Waals surface area contributed by atoms with Crippen molar-refractivity contribution in [2.24, 2.45) is 5.92 Å². The number of sulfonamides is 1. The number of rotatable bonds is 5. The largest absolute Gasteiger partial charge is 0.318 e. The smallest absolute Gasteiger partial charge is 0.215 e. The van der Waals surface area contributed by atoms with Gasteiger partial charge in [-0.1, -0.05) is 13.3 Å². The van der Waals surface area contributed by atoms with Crippen molar-refractivity contribution in [3.05, 3.63) is 0 Å². The van der Waals surface area contributed by atoms with Crippen LogP contribution in [0.15, 0.2) is 0 Å². The lowest BCUT2D eigenvalue weighted by atomic mass is 10.1. The molecule has 0 spiro atoms. The average Bonchev–Trinajstić information content (AvgIpc) is 2.52. The molecule has 3 unspecified atom stereocenters. The predicted molar refractivity (Wildman–Crippen MR) is 62.2 cm³/mol. The molecule has 4 nitrogen and oxygen atoms in total. The fourth-order valence-corrected chi connectivity index (χ4v) is 3.44. The molecule has 1 fully saturated rings. The Morgan fingerprint density at radius 1 is 1.40 bits per heavy atom. The number of nitrogens with one attached hydrogen (secondary N) is 2. The van der Waals surface area contributed by atoms with Crippen molar-refractivity contribution in [2.45, 2.75) is 44.4 Å². The van der Waals surface area contributed by atoms with Crippen molar-refractivity contribution in [3.63, 3.8) is 0 Å².